The standard InChI is InChI=1S/C17H35N5O/c1-3-4-5-6-7-8-9-19-17(18)20-10-11-21-12-14-22(15-13-21)16(2)23/h3-15H2,1-2H3,(H3,18,19,20). The van der Waals surface area contributed by atoms with Gasteiger partial charge in [-0.05, 0) is 6.42 Å². The zero-order chi connectivity index (χ0) is 16.9. The van der Waals surface area contributed by atoms with Gasteiger partial charge in [0.2, 0.25) is 5.91 Å². The quantitative estimate of drug-likeness (QED) is 0.362. The van der Waals surface area contributed by atoms with Crippen LogP contribution in [0.5, 0.6) is 0 Å². The minimum Gasteiger partial charge on any atom is -0.370 e. The first kappa shape index (κ1) is 19.7. The van der Waals surface area contributed by atoms with Gasteiger partial charge in [0.25, 0.3) is 0 Å². The molecule has 0 aromatic rings. The van der Waals surface area contributed by atoms with E-state index in [9.17, 15) is 4.79 Å². The van der Waals surface area contributed by atoms with Gasteiger partial charge in [-0.3, -0.25) is 14.7 Å². The van der Waals surface area contributed by atoms with E-state index in [0.29, 0.717) is 5.96 Å². The molecule has 1 heterocycles. The summed E-state index contributed by atoms with van der Waals surface area (Å²) in [5, 5.41) is 3.18. The SMILES string of the molecule is CCCCCCCCN=C(N)NCCN1CCN(C(C)=O)CC1. The van der Waals surface area contributed by atoms with Crippen molar-refractivity contribution in [3.63, 3.8) is 0 Å². The van der Waals surface area contributed by atoms with Crippen LogP contribution in [0.25, 0.3) is 0 Å². The summed E-state index contributed by atoms with van der Waals surface area (Å²) >= 11 is 0. The number of hydrogen-bond donors (Lipinski definition) is 2. The Bertz CT molecular complexity index is 351. The number of unbranched alkanes of at least 4 members (excludes halogenated alkanes) is 5. The number of aliphatic imine (C=N–C) groups is 1. The van der Waals surface area contributed by atoms with Crippen molar-refractivity contribution in [1.29, 1.82) is 0 Å². The average molecular weight is 326 g/mol. The van der Waals surface area contributed by atoms with Crippen molar-refractivity contribution < 1.29 is 4.79 Å². The molecule has 1 rings (SSSR count). The molecule has 0 aliphatic carbocycles. The maximum atomic E-state index is 11.3. The number of nitrogens with one attached hydrogen (secondary N) is 1. The number of carbonyl (C=O) groups is 1. The highest BCUT2D eigenvalue weighted by atomic mass is 16.2. The molecule has 1 saturated heterocycles. The number of amides is 1. The number of carbonyl (C=O) groups excluding carboxylic acids is 1. The lowest BCUT2D eigenvalue weighted by molar-refractivity contribution is -0.130. The van der Waals surface area contributed by atoms with E-state index in [1.807, 2.05) is 4.90 Å². The molecule has 6 nitrogen and oxygen atoms in total. The molecule has 1 aliphatic heterocycles. The highest BCUT2D eigenvalue weighted by molar-refractivity contribution is 5.77. The Labute approximate surface area is 141 Å². The summed E-state index contributed by atoms with van der Waals surface area (Å²) in [5.74, 6) is 0.731. The average Bonchev–Trinajstić information content (AvgIpc) is 2.54. The second kappa shape index (κ2) is 12.2. The first-order chi connectivity index (χ1) is 11.1. The molecule has 1 fully saturated rings. The van der Waals surface area contributed by atoms with E-state index in [2.05, 4.69) is 22.1 Å². The van der Waals surface area contributed by atoms with E-state index in [0.717, 1.165) is 52.2 Å². The van der Waals surface area contributed by atoms with Crippen molar-refractivity contribution in [1.82, 2.24) is 15.1 Å². The van der Waals surface area contributed by atoms with Gasteiger partial charge in [-0.1, -0.05) is 39.0 Å². The van der Waals surface area contributed by atoms with Crippen LogP contribution in [0.2, 0.25) is 0 Å². The van der Waals surface area contributed by atoms with Crippen molar-refractivity contribution in [2.24, 2.45) is 10.7 Å². The normalized spacial score (nSPS) is 16.6. The van der Waals surface area contributed by atoms with Crippen LogP contribution in [0.4, 0.5) is 0 Å². The smallest absolute Gasteiger partial charge is 0.219 e. The lowest BCUT2D eigenvalue weighted by atomic mass is 10.1. The van der Waals surface area contributed by atoms with Crippen molar-refractivity contribution in [3.05, 3.63) is 0 Å². The Morgan fingerprint density at radius 1 is 1.09 bits per heavy atom. The van der Waals surface area contributed by atoms with Gasteiger partial charge in [-0.25, -0.2) is 0 Å². The Morgan fingerprint density at radius 2 is 1.74 bits per heavy atom. The number of guanidine groups is 1. The number of hydrogen-bond acceptors (Lipinski definition) is 3. The third-order valence-corrected chi connectivity index (χ3v) is 4.35. The molecule has 0 radical (unpaired) electrons. The maximum absolute atomic E-state index is 11.3. The highest BCUT2D eigenvalue weighted by Crippen LogP contribution is 2.04. The summed E-state index contributed by atoms with van der Waals surface area (Å²) in [7, 11) is 0. The summed E-state index contributed by atoms with van der Waals surface area (Å²) < 4.78 is 0. The summed E-state index contributed by atoms with van der Waals surface area (Å²) in [6.07, 6.45) is 7.65. The summed E-state index contributed by atoms with van der Waals surface area (Å²) in [4.78, 5) is 19.9. The minimum atomic E-state index is 0.175. The molecule has 3 N–H and O–H groups in total. The van der Waals surface area contributed by atoms with Crippen molar-refractivity contribution in [3.8, 4) is 0 Å². The van der Waals surface area contributed by atoms with Gasteiger partial charge in [0, 0.05) is 52.7 Å². The third-order valence-electron chi connectivity index (χ3n) is 4.35. The number of nitrogens with zero attached hydrogens (tertiary/aromatic N) is 3. The molecule has 0 aromatic carbocycles. The second-order valence-electron chi connectivity index (χ2n) is 6.31. The van der Waals surface area contributed by atoms with Crippen molar-refractivity contribution >= 4 is 11.9 Å². The van der Waals surface area contributed by atoms with E-state index in [1.165, 1.54) is 32.1 Å². The van der Waals surface area contributed by atoms with Crippen LogP contribution in [0.1, 0.15) is 52.4 Å². The van der Waals surface area contributed by atoms with Gasteiger partial charge in [0.1, 0.15) is 0 Å². The molecular weight excluding hydrogens is 290 g/mol. The van der Waals surface area contributed by atoms with Gasteiger partial charge in [-0.2, -0.15) is 0 Å². The lowest BCUT2D eigenvalue weighted by Gasteiger charge is -2.34. The fourth-order valence-corrected chi connectivity index (χ4v) is 2.78. The second-order valence-corrected chi connectivity index (χ2v) is 6.31. The molecular formula is C17H35N5O. The van der Waals surface area contributed by atoms with Crippen LogP contribution < -0.4 is 11.1 Å². The van der Waals surface area contributed by atoms with Gasteiger partial charge in [0.15, 0.2) is 5.96 Å². The maximum Gasteiger partial charge on any atom is 0.219 e. The Balaban J connectivity index is 2.00. The number of piperazine rings is 1. The van der Waals surface area contributed by atoms with E-state index < -0.39 is 0 Å². The van der Waals surface area contributed by atoms with E-state index in [4.69, 9.17) is 5.73 Å². The molecule has 6 heteroatoms. The van der Waals surface area contributed by atoms with E-state index in [1.54, 1.807) is 6.92 Å². The molecule has 23 heavy (non-hydrogen) atoms. The number of nitrogens with two attached hydrogens (primary N) is 1. The fraction of sp³-hybridized carbons (Fsp3) is 0.882. The number of rotatable bonds is 10. The zero-order valence-corrected chi connectivity index (χ0v) is 15.0. The molecule has 0 aromatic heterocycles. The Hall–Kier alpha value is -1.30. The van der Waals surface area contributed by atoms with Crippen molar-refractivity contribution in [2.75, 3.05) is 45.8 Å². The molecule has 0 unspecified atom stereocenters. The zero-order valence-electron chi connectivity index (χ0n) is 15.0. The van der Waals surface area contributed by atoms with Crippen molar-refractivity contribution in [2.45, 2.75) is 52.4 Å². The predicted molar refractivity (Wildman–Crippen MR) is 96.6 cm³/mol. The van der Waals surface area contributed by atoms with Crippen LogP contribution >= 0.6 is 0 Å². The van der Waals surface area contributed by atoms with Crippen LogP contribution in [-0.4, -0.2) is 67.5 Å². The topological polar surface area (TPSA) is 74.0 Å². The van der Waals surface area contributed by atoms with Gasteiger partial charge < -0.3 is 16.0 Å². The van der Waals surface area contributed by atoms with Gasteiger partial charge in [0.05, 0.1) is 0 Å². The fourth-order valence-electron chi connectivity index (χ4n) is 2.78. The third kappa shape index (κ3) is 9.43. The predicted octanol–water partition coefficient (Wildman–Crippen LogP) is 1.42. The summed E-state index contributed by atoms with van der Waals surface area (Å²) in [6, 6.07) is 0. The first-order valence-corrected chi connectivity index (χ1v) is 9.15. The molecule has 0 saturated carbocycles. The highest BCUT2D eigenvalue weighted by Gasteiger charge is 2.17. The van der Waals surface area contributed by atoms with Crippen LogP contribution in [-0.2, 0) is 4.79 Å². The molecule has 0 spiro atoms. The molecule has 1 amide bonds. The Morgan fingerprint density at radius 3 is 2.39 bits per heavy atom. The molecule has 134 valence electrons. The monoisotopic (exact) mass is 325 g/mol. The van der Waals surface area contributed by atoms with Gasteiger partial charge >= 0.3 is 0 Å². The minimum absolute atomic E-state index is 0.175. The van der Waals surface area contributed by atoms with Crippen LogP contribution in [0, 0.1) is 0 Å². The molecule has 0 bridgehead atoms. The summed E-state index contributed by atoms with van der Waals surface area (Å²) in [5.41, 5.74) is 5.88. The summed E-state index contributed by atoms with van der Waals surface area (Å²) in [6.45, 7) is 9.99. The molecule has 1 aliphatic rings. The largest absolute Gasteiger partial charge is 0.370 e. The lowest BCUT2D eigenvalue weighted by Crippen LogP contribution is -2.50. The Kier molecular flexibility index (Phi) is 10.4. The van der Waals surface area contributed by atoms with E-state index >= 15 is 0 Å². The molecule has 0 atom stereocenters. The van der Waals surface area contributed by atoms with Crippen LogP contribution in [0.3, 0.4) is 0 Å². The van der Waals surface area contributed by atoms with Crippen LogP contribution in [0.15, 0.2) is 4.99 Å². The van der Waals surface area contributed by atoms with E-state index in [-0.39, 0.29) is 5.91 Å². The first-order valence-electron chi connectivity index (χ1n) is 9.15. The van der Waals surface area contributed by atoms with Gasteiger partial charge in [-0.15, -0.1) is 0 Å².